The van der Waals surface area contributed by atoms with E-state index >= 15 is 0 Å². The van der Waals surface area contributed by atoms with Crippen LogP contribution in [0.1, 0.15) is 24.2 Å². The van der Waals surface area contributed by atoms with Crippen LogP contribution in [0.4, 0.5) is 0 Å². The average Bonchev–Trinajstić information content (AvgIpc) is 2.97. The van der Waals surface area contributed by atoms with Gasteiger partial charge in [-0.25, -0.2) is 4.98 Å². The fourth-order valence-corrected chi connectivity index (χ4v) is 3.71. The molecule has 1 unspecified atom stereocenters. The summed E-state index contributed by atoms with van der Waals surface area (Å²) in [7, 11) is 0. The quantitative estimate of drug-likeness (QED) is 0.904. The van der Waals surface area contributed by atoms with E-state index in [9.17, 15) is 0 Å². The highest BCUT2D eigenvalue weighted by molar-refractivity contribution is 8.00. The highest BCUT2D eigenvalue weighted by Crippen LogP contribution is 2.28. The molecule has 2 aromatic rings. The first-order valence-electron chi connectivity index (χ1n) is 6.14. The summed E-state index contributed by atoms with van der Waals surface area (Å²) in [6.45, 7) is 0.561. The Bertz CT molecular complexity index is 514. The normalized spacial score (nSPS) is 20.2. The van der Waals surface area contributed by atoms with Crippen molar-refractivity contribution in [2.45, 2.75) is 31.1 Å². The molecule has 17 heavy (non-hydrogen) atoms. The molecule has 3 nitrogen and oxygen atoms in total. The molecule has 3 rings (SSSR count). The van der Waals surface area contributed by atoms with Gasteiger partial charge >= 0.3 is 0 Å². The summed E-state index contributed by atoms with van der Waals surface area (Å²) in [6, 6.07) is 6.13. The smallest absolute Gasteiger partial charge is 0.137 e. The van der Waals surface area contributed by atoms with Gasteiger partial charge in [0.1, 0.15) is 5.65 Å². The molecule has 3 heterocycles. The van der Waals surface area contributed by atoms with Crippen LogP contribution in [0.25, 0.3) is 5.65 Å². The van der Waals surface area contributed by atoms with Crippen LogP contribution in [0.15, 0.2) is 24.4 Å². The first-order chi connectivity index (χ1) is 8.36. The molecule has 1 saturated heterocycles. The number of hydrogen-bond acceptors (Lipinski definition) is 3. The molecule has 0 bridgehead atoms. The van der Waals surface area contributed by atoms with Crippen LogP contribution in [0.3, 0.4) is 0 Å². The van der Waals surface area contributed by atoms with E-state index in [4.69, 9.17) is 5.73 Å². The van der Waals surface area contributed by atoms with Crippen molar-refractivity contribution >= 4 is 17.4 Å². The van der Waals surface area contributed by atoms with Gasteiger partial charge in [-0.05, 0) is 30.7 Å². The van der Waals surface area contributed by atoms with Crippen LogP contribution in [0, 0.1) is 0 Å². The third-order valence-corrected chi connectivity index (χ3v) is 4.69. The summed E-state index contributed by atoms with van der Waals surface area (Å²) >= 11 is 2.08. The molecule has 0 saturated carbocycles. The van der Waals surface area contributed by atoms with Crippen molar-refractivity contribution in [3.63, 3.8) is 0 Å². The molecule has 0 spiro atoms. The van der Waals surface area contributed by atoms with Crippen molar-refractivity contribution in [3.05, 3.63) is 35.8 Å². The van der Waals surface area contributed by atoms with Crippen LogP contribution >= 0.6 is 11.8 Å². The number of aromatic nitrogens is 2. The van der Waals surface area contributed by atoms with Gasteiger partial charge in [-0.15, -0.1) is 0 Å². The second-order valence-electron chi connectivity index (χ2n) is 4.52. The topological polar surface area (TPSA) is 43.3 Å². The van der Waals surface area contributed by atoms with E-state index in [0.717, 1.165) is 23.0 Å². The van der Waals surface area contributed by atoms with Crippen molar-refractivity contribution in [2.24, 2.45) is 5.73 Å². The first kappa shape index (κ1) is 11.1. The van der Waals surface area contributed by atoms with Crippen molar-refractivity contribution in [2.75, 3.05) is 5.75 Å². The van der Waals surface area contributed by atoms with Crippen LogP contribution in [0.5, 0.6) is 0 Å². The summed E-state index contributed by atoms with van der Waals surface area (Å²) in [5, 5.41) is 0.765. The minimum absolute atomic E-state index is 0.561. The second-order valence-corrected chi connectivity index (χ2v) is 5.93. The maximum Gasteiger partial charge on any atom is 0.137 e. The first-order valence-corrected chi connectivity index (χ1v) is 7.19. The Kier molecular flexibility index (Phi) is 3.07. The van der Waals surface area contributed by atoms with Crippen LogP contribution in [-0.4, -0.2) is 20.4 Å². The van der Waals surface area contributed by atoms with Gasteiger partial charge in [0.05, 0.1) is 5.69 Å². The number of imidazole rings is 1. The van der Waals surface area contributed by atoms with E-state index in [-0.39, 0.29) is 0 Å². The van der Waals surface area contributed by atoms with Crippen molar-refractivity contribution in [3.8, 4) is 0 Å². The maximum absolute atomic E-state index is 5.74. The van der Waals surface area contributed by atoms with E-state index in [2.05, 4.69) is 33.4 Å². The van der Waals surface area contributed by atoms with E-state index in [1.807, 2.05) is 12.1 Å². The minimum Gasteiger partial charge on any atom is -0.325 e. The maximum atomic E-state index is 5.74. The lowest BCUT2D eigenvalue weighted by atomic mass is 10.2. The highest BCUT2D eigenvalue weighted by atomic mass is 32.2. The molecule has 4 heteroatoms. The van der Waals surface area contributed by atoms with Crippen molar-refractivity contribution < 1.29 is 0 Å². The van der Waals surface area contributed by atoms with E-state index in [0.29, 0.717) is 6.54 Å². The van der Waals surface area contributed by atoms with Gasteiger partial charge < -0.3 is 10.1 Å². The molecule has 1 aliphatic heterocycles. The fraction of sp³-hybridized carbons (Fsp3) is 0.462. The van der Waals surface area contributed by atoms with Gasteiger partial charge in [0.25, 0.3) is 0 Å². The summed E-state index contributed by atoms with van der Waals surface area (Å²) in [5.41, 5.74) is 9.08. The van der Waals surface area contributed by atoms with Crippen molar-refractivity contribution in [1.29, 1.82) is 0 Å². The fourth-order valence-electron chi connectivity index (χ4n) is 2.42. The predicted molar refractivity (Wildman–Crippen MR) is 72.3 cm³/mol. The van der Waals surface area contributed by atoms with Gasteiger partial charge in [-0.2, -0.15) is 11.8 Å². The summed E-state index contributed by atoms with van der Waals surface area (Å²) in [5.74, 6) is 1.31. The molecule has 2 N–H and O–H groups in total. The molecular weight excluding hydrogens is 230 g/mol. The van der Waals surface area contributed by atoms with Crippen LogP contribution < -0.4 is 5.73 Å². The third kappa shape index (κ3) is 2.19. The highest BCUT2D eigenvalue weighted by Gasteiger charge is 2.17. The van der Waals surface area contributed by atoms with E-state index in [1.165, 1.54) is 24.3 Å². The number of nitrogens with two attached hydrogens (primary N) is 1. The SMILES string of the molecule is NCc1cccc2nc(CC3CCCS3)cn12. The Morgan fingerprint density at radius 2 is 2.41 bits per heavy atom. The van der Waals surface area contributed by atoms with E-state index < -0.39 is 0 Å². The molecule has 0 aliphatic carbocycles. The number of pyridine rings is 1. The lowest BCUT2D eigenvalue weighted by Gasteiger charge is -2.04. The van der Waals surface area contributed by atoms with Gasteiger partial charge in [0.2, 0.25) is 0 Å². The zero-order valence-electron chi connectivity index (χ0n) is 9.80. The Balaban J connectivity index is 1.90. The van der Waals surface area contributed by atoms with Crippen molar-refractivity contribution in [1.82, 2.24) is 9.38 Å². The largest absolute Gasteiger partial charge is 0.325 e. The Labute approximate surface area is 105 Å². The summed E-state index contributed by atoms with van der Waals surface area (Å²) in [4.78, 5) is 4.68. The monoisotopic (exact) mass is 247 g/mol. The van der Waals surface area contributed by atoms with Gasteiger partial charge in [-0.3, -0.25) is 0 Å². The molecule has 1 atom stereocenters. The zero-order valence-corrected chi connectivity index (χ0v) is 10.6. The number of fused-ring (bicyclic) bond motifs is 1. The Hall–Kier alpha value is -1.00. The number of thioether (sulfide) groups is 1. The number of rotatable bonds is 3. The third-order valence-electron chi connectivity index (χ3n) is 3.30. The summed E-state index contributed by atoms with van der Waals surface area (Å²) < 4.78 is 2.12. The standard InChI is InChI=1S/C13H17N3S/c14-8-11-3-1-5-13-15-10(9-16(11)13)7-12-4-2-6-17-12/h1,3,5,9,12H,2,4,6-8,14H2. The number of nitrogens with zero attached hydrogens (tertiary/aromatic N) is 2. The molecule has 0 amide bonds. The second kappa shape index (κ2) is 4.70. The average molecular weight is 247 g/mol. The molecule has 90 valence electrons. The minimum atomic E-state index is 0.561. The molecule has 1 aliphatic rings. The van der Waals surface area contributed by atoms with Crippen LogP contribution in [-0.2, 0) is 13.0 Å². The summed E-state index contributed by atoms with van der Waals surface area (Å²) in [6.07, 6.45) is 5.94. The predicted octanol–water partition coefficient (Wildman–Crippen LogP) is 2.23. The van der Waals surface area contributed by atoms with E-state index in [1.54, 1.807) is 0 Å². The molecule has 0 radical (unpaired) electrons. The zero-order chi connectivity index (χ0) is 11.7. The Morgan fingerprint density at radius 3 is 3.18 bits per heavy atom. The lowest BCUT2D eigenvalue weighted by Crippen LogP contribution is -2.03. The Morgan fingerprint density at radius 1 is 1.47 bits per heavy atom. The van der Waals surface area contributed by atoms with Gasteiger partial charge in [-0.1, -0.05) is 6.07 Å². The lowest BCUT2D eigenvalue weighted by molar-refractivity contribution is 0.767. The van der Waals surface area contributed by atoms with Gasteiger partial charge in [0, 0.05) is 30.1 Å². The molecule has 2 aromatic heterocycles. The number of hydrogen-bond donors (Lipinski definition) is 1. The molecule has 1 fully saturated rings. The van der Waals surface area contributed by atoms with Gasteiger partial charge in [0.15, 0.2) is 0 Å². The molecule has 0 aromatic carbocycles. The van der Waals surface area contributed by atoms with Crippen LogP contribution in [0.2, 0.25) is 0 Å². The molecular formula is C13H17N3S.